The van der Waals surface area contributed by atoms with Crippen LogP contribution in [0.5, 0.6) is 5.75 Å². The molecule has 1 aromatic carbocycles. The van der Waals surface area contributed by atoms with E-state index >= 15 is 0 Å². The average Bonchev–Trinajstić information content (AvgIpc) is 2.61. The highest BCUT2D eigenvalue weighted by molar-refractivity contribution is 5.79. The van der Waals surface area contributed by atoms with Crippen molar-refractivity contribution in [1.29, 1.82) is 0 Å². The first-order chi connectivity index (χ1) is 11.7. The molecule has 5 heteroatoms. The summed E-state index contributed by atoms with van der Waals surface area (Å²) in [5, 5.41) is 6.73. The molecule has 2 N–H and O–H groups in total. The predicted octanol–water partition coefficient (Wildman–Crippen LogP) is 2.87. The molecule has 0 fully saturated rings. The van der Waals surface area contributed by atoms with Gasteiger partial charge in [-0.25, -0.2) is 0 Å². The maximum atomic E-state index is 5.25. The summed E-state index contributed by atoms with van der Waals surface area (Å²) in [5.41, 5.74) is 1.18. The van der Waals surface area contributed by atoms with Gasteiger partial charge >= 0.3 is 0 Å². The Morgan fingerprint density at radius 3 is 2.50 bits per heavy atom. The van der Waals surface area contributed by atoms with Gasteiger partial charge in [-0.1, -0.05) is 26.0 Å². The number of guanidine groups is 1. The van der Waals surface area contributed by atoms with Gasteiger partial charge in [-0.05, 0) is 56.6 Å². The molecule has 5 nitrogen and oxygen atoms in total. The number of hydrogen-bond acceptors (Lipinski definition) is 3. The van der Waals surface area contributed by atoms with E-state index in [0.29, 0.717) is 0 Å². The minimum absolute atomic E-state index is 0.731. The van der Waals surface area contributed by atoms with Crippen LogP contribution in [-0.2, 0) is 6.54 Å². The Kier molecular flexibility index (Phi) is 10.7. The fraction of sp³-hybridized carbons (Fsp3) is 0.632. The van der Waals surface area contributed by atoms with Crippen LogP contribution >= 0.6 is 0 Å². The molecule has 0 aliphatic heterocycles. The maximum absolute atomic E-state index is 5.25. The van der Waals surface area contributed by atoms with Crippen LogP contribution in [0.3, 0.4) is 0 Å². The maximum Gasteiger partial charge on any atom is 0.191 e. The topological polar surface area (TPSA) is 48.9 Å². The molecule has 0 saturated heterocycles. The van der Waals surface area contributed by atoms with Crippen molar-refractivity contribution in [2.45, 2.75) is 39.7 Å². The lowest BCUT2D eigenvalue weighted by atomic mass is 10.2. The second-order valence-corrected chi connectivity index (χ2v) is 5.90. The highest BCUT2D eigenvalue weighted by Crippen LogP contribution is 2.11. The number of nitrogens with one attached hydrogen (secondary N) is 2. The van der Waals surface area contributed by atoms with Gasteiger partial charge in [-0.2, -0.15) is 0 Å². The molecule has 0 radical (unpaired) electrons. The van der Waals surface area contributed by atoms with E-state index < -0.39 is 0 Å². The Morgan fingerprint density at radius 1 is 1.12 bits per heavy atom. The summed E-state index contributed by atoms with van der Waals surface area (Å²) in [6, 6.07) is 8.07. The van der Waals surface area contributed by atoms with Gasteiger partial charge < -0.3 is 20.3 Å². The van der Waals surface area contributed by atoms with Crippen LogP contribution in [0.25, 0.3) is 0 Å². The first-order valence-corrected chi connectivity index (χ1v) is 9.03. The summed E-state index contributed by atoms with van der Waals surface area (Å²) in [6.07, 6.45) is 3.56. The van der Waals surface area contributed by atoms with Crippen molar-refractivity contribution < 1.29 is 4.74 Å². The molecule has 0 atom stereocenters. The van der Waals surface area contributed by atoms with Crippen LogP contribution < -0.4 is 15.4 Å². The molecule has 1 aromatic rings. The third kappa shape index (κ3) is 8.20. The summed E-state index contributed by atoms with van der Waals surface area (Å²) < 4.78 is 5.25. The number of hydrogen-bond donors (Lipinski definition) is 2. The second-order valence-electron chi connectivity index (χ2n) is 5.90. The van der Waals surface area contributed by atoms with Crippen LogP contribution in [0.15, 0.2) is 29.3 Å². The molecule has 0 aliphatic rings. The van der Waals surface area contributed by atoms with Crippen molar-refractivity contribution in [2.24, 2.45) is 4.99 Å². The first kappa shape index (κ1) is 20.3. The monoisotopic (exact) mass is 334 g/mol. The molecule has 0 saturated carbocycles. The number of rotatable bonds is 11. The molecular formula is C19H34N4O. The molecule has 0 bridgehead atoms. The highest BCUT2D eigenvalue weighted by atomic mass is 16.5. The van der Waals surface area contributed by atoms with E-state index in [1.165, 1.54) is 31.5 Å². The molecule has 0 spiro atoms. The normalized spacial score (nSPS) is 11.6. The summed E-state index contributed by atoms with van der Waals surface area (Å²) in [7, 11) is 3.49. The minimum atomic E-state index is 0.731. The van der Waals surface area contributed by atoms with Crippen molar-refractivity contribution in [2.75, 3.05) is 40.3 Å². The van der Waals surface area contributed by atoms with Crippen LogP contribution in [0.2, 0.25) is 0 Å². The van der Waals surface area contributed by atoms with E-state index in [4.69, 9.17) is 4.74 Å². The highest BCUT2D eigenvalue weighted by Gasteiger charge is 2.03. The molecule has 0 heterocycles. The Hall–Kier alpha value is -1.75. The van der Waals surface area contributed by atoms with Gasteiger partial charge in [0.2, 0.25) is 0 Å². The fourth-order valence-electron chi connectivity index (χ4n) is 2.67. The van der Waals surface area contributed by atoms with E-state index in [1.54, 1.807) is 14.2 Å². The summed E-state index contributed by atoms with van der Waals surface area (Å²) >= 11 is 0. The number of methoxy groups -OCH3 is 1. The average molecular weight is 335 g/mol. The van der Waals surface area contributed by atoms with E-state index in [2.05, 4.69) is 40.4 Å². The summed E-state index contributed by atoms with van der Waals surface area (Å²) in [5.74, 6) is 1.72. The Bertz CT molecular complexity index is 470. The zero-order valence-corrected chi connectivity index (χ0v) is 15.8. The van der Waals surface area contributed by atoms with Crippen LogP contribution in [-0.4, -0.2) is 51.2 Å². The lowest BCUT2D eigenvalue weighted by Crippen LogP contribution is -2.38. The Balaban J connectivity index is 2.29. The van der Waals surface area contributed by atoms with Crippen LogP contribution in [0.4, 0.5) is 0 Å². The third-order valence-electron chi connectivity index (χ3n) is 3.84. The van der Waals surface area contributed by atoms with E-state index in [0.717, 1.165) is 37.8 Å². The zero-order chi connectivity index (χ0) is 17.6. The molecule has 24 heavy (non-hydrogen) atoms. The van der Waals surface area contributed by atoms with Crippen molar-refractivity contribution >= 4 is 5.96 Å². The van der Waals surface area contributed by atoms with Crippen LogP contribution in [0, 0.1) is 0 Å². The van der Waals surface area contributed by atoms with Crippen LogP contribution in [0.1, 0.15) is 38.7 Å². The van der Waals surface area contributed by atoms with Gasteiger partial charge in [-0.3, -0.25) is 4.99 Å². The number of benzene rings is 1. The molecule has 0 aliphatic carbocycles. The van der Waals surface area contributed by atoms with Crippen molar-refractivity contribution in [3.05, 3.63) is 29.8 Å². The van der Waals surface area contributed by atoms with E-state index in [9.17, 15) is 0 Å². The van der Waals surface area contributed by atoms with E-state index in [1.807, 2.05) is 18.2 Å². The lowest BCUT2D eigenvalue weighted by Gasteiger charge is -2.21. The second kappa shape index (κ2) is 12.6. The summed E-state index contributed by atoms with van der Waals surface area (Å²) in [6.45, 7) is 9.67. The largest absolute Gasteiger partial charge is 0.497 e. The molecule has 136 valence electrons. The van der Waals surface area contributed by atoms with Gasteiger partial charge in [0, 0.05) is 20.1 Å². The van der Waals surface area contributed by atoms with Gasteiger partial charge in [0.15, 0.2) is 5.96 Å². The van der Waals surface area contributed by atoms with Crippen molar-refractivity contribution in [3.63, 3.8) is 0 Å². The third-order valence-corrected chi connectivity index (χ3v) is 3.84. The molecular weight excluding hydrogens is 300 g/mol. The fourth-order valence-corrected chi connectivity index (χ4v) is 2.67. The molecule has 0 unspecified atom stereocenters. The predicted molar refractivity (Wildman–Crippen MR) is 103 cm³/mol. The molecule has 1 rings (SSSR count). The Labute approximate surface area is 147 Å². The Morgan fingerprint density at radius 2 is 1.88 bits per heavy atom. The smallest absolute Gasteiger partial charge is 0.191 e. The quantitative estimate of drug-likeness (QED) is 0.371. The minimum Gasteiger partial charge on any atom is -0.497 e. The first-order valence-electron chi connectivity index (χ1n) is 9.03. The SMILES string of the molecule is CCCN(CCC)CCCNC(=NC)NCc1cccc(OC)c1. The van der Waals surface area contributed by atoms with Crippen molar-refractivity contribution in [1.82, 2.24) is 15.5 Å². The van der Waals surface area contributed by atoms with Gasteiger partial charge in [0.05, 0.1) is 7.11 Å². The molecule has 0 amide bonds. The number of aliphatic imine (C=N–C) groups is 1. The lowest BCUT2D eigenvalue weighted by molar-refractivity contribution is 0.271. The van der Waals surface area contributed by atoms with Gasteiger partial charge in [0.1, 0.15) is 5.75 Å². The number of nitrogens with zero attached hydrogens (tertiary/aromatic N) is 2. The number of ether oxygens (including phenoxy) is 1. The van der Waals surface area contributed by atoms with Gasteiger partial charge in [0.25, 0.3) is 0 Å². The molecule has 0 aromatic heterocycles. The van der Waals surface area contributed by atoms with E-state index in [-0.39, 0.29) is 0 Å². The van der Waals surface area contributed by atoms with Crippen molar-refractivity contribution in [3.8, 4) is 5.75 Å². The standard InChI is InChI=1S/C19H34N4O/c1-5-12-23(13-6-2)14-8-11-21-19(20-3)22-16-17-9-7-10-18(15-17)24-4/h7,9-10,15H,5-6,8,11-14,16H2,1-4H3,(H2,20,21,22). The summed E-state index contributed by atoms with van der Waals surface area (Å²) in [4.78, 5) is 6.82. The van der Waals surface area contributed by atoms with Gasteiger partial charge in [-0.15, -0.1) is 0 Å². The zero-order valence-electron chi connectivity index (χ0n) is 15.8.